The molecule has 6 rings (SSSR count). The van der Waals surface area contributed by atoms with Crippen molar-refractivity contribution >= 4 is 40.9 Å². The molecule has 222 valence electrons. The molecule has 0 saturated heterocycles. The van der Waals surface area contributed by atoms with Crippen LogP contribution < -0.4 is 0 Å². The lowest BCUT2D eigenvalue weighted by molar-refractivity contribution is -0.161. The number of esters is 2. The first-order chi connectivity index (χ1) is 19.9. The van der Waals surface area contributed by atoms with Gasteiger partial charge in [-0.2, -0.15) is 0 Å². The topological polar surface area (TPSA) is 116 Å². The van der Waals surface area contributed by atoms with Gasteiger partial charge in [0, 0.05) is 22.3 Å². The predicted octanol–water partition coefficient (Wildman–Crippen LogP) is 6.59. The molecule has 2 aromatic rings. The summed E-state index contributed by atoms with van der Waals surface area (Å²) in [6, 6.07) is 6.07. The second-order valence-corrected chi connectivity index (χ2v) is 13.2. The number of aliphatic hydroxyl groups is 1. The Kier molecular flexibility index (Phi) is 6.91. The molecule has 0 aliphatic heterocycles. The number of ketones is 1. The molecule has 3 saturated carbocycles. The Labute approximate surface area is 253 Å². The Morgan fingerprint density at radius 3 is 2.38 bits per heavy atom. The van der Waals surface area contributed by atoms with Crippen LogP contribution in [0.5, 0.6) is 0 Å². The zero-order chi connectivity index (χ0) is 30.1. The lowest BCUT2D eigenvalue weighted by atomic mass is 9.45. The van der Waals surface area contributed by atoms with Crippen LogP contribution in [0.25, 0.3) is 0 Å². The fourth-order valence-electron chi connectivity index (χ4n) is 8.64. The molecule has 0 unspecified atom stereocenters. The maximum absolute atomic E-state index is 13.6. The number of rotatable bonds is 5. The normalized spacial score (nSPS) is 39.1. The first-order valence-electron chi connectivity index (χ1n) is 14.1. The molecular weight excluding hydrogens is 583 g/mol. The fourth-order valence-corrected chi connectivity index (χ4v) is 9.37. The highest BCUT2D eigenvalue weighted by Crippen LogP contribution is 2.73. The molecule has 3 fully saturated rings. The number of alkyl halides is 1. The third-order valence-corrected chi connectivity index (χ3v) is 11.7. The van der Waals surface area contributed by atoms with Gasteiger partial charge >= 0.3 is 11.9 Å². The van der Waals surface area contributed by atoms with Crippen molar-refractivity contribution in [3.05, 3.63) is 83.4 Å². The second kappa shape index (κ2) is 10.00. The van der Waals surface area contributed by atoms with E-state index in [0.717, 1.165) is 11.1 Å². The van der Waals surface area contributed by atoms with Gasteiger partial charge in [-0.3, -0.25) is 4.79 Å². The molecule has 10 heteroatoms. The Bertz CT molecular complexity index is 1510. The van der Waals surface area contributed by atoms with E-state index in [4.69, 9.17) is 41.5 Å². The Morgan fingerprint density at radius 2 is 1.76 bits per heavy atom. The van der Waals surface area contributed by atoms with Crippen molar-refractivity contribution in [1.29, 1.82) is 0 Å². The molecule has 8 atom stereocenters. The number of fused-ring (bicyclic) bond motifs is 5. The Balaban J connectivity index is 1.47. The van der Waals surface area contributed by atoms with Crippen LogP contribution >= 0.6 is 23.2 Å². The van der Waals surface area contributed by atoms with Gasteiger partial charge in [0.05, 0.1) is 23.5 Å². The average molecular weight is 616 g/mol. The second-order valence-electron chi connectivity index (χ2n) is 12.3. The molecule has 42 heavy (non-hydrogen) atoms. The number of hydrogen-bond acceptors (Lipinski definition) is 8. The third kappa shape index (κ3) is 3.81. The summed E-state index contributed by atoms with van der Waals surface area (Å²) >= 11 is 14.0. The maximum atomic E-state index is 13.6. The number of ether oxygens (including phenoxy) is 2. The number of hydrogen-bond donors (Lipinski definition) is 1. The maximum Gasteiger partial charge on any atom is 0.379 e. The van der Waals surface area contributed by atoms with E-state index in [2.05, 4.69) is 0 Å². The largest absolute Gasteiger partial charge is 0.457 e. The summed E-state index contributed by atoms with van der Waals surface area (Å²) in [6.07, 6.45) is 8.50. The quantitative estimate of drug-likeness (QED) is 0.228. The molecule has 0 spiro atoms. The summed E-state index contributed by atoms with van der Waals surface area (Å²) in [6.45, 7) is 5.83. The summed E-state index contributed by atoms with van der Waals surface area (Å²) in [5, 5.41) is 12.1. The van der Waals surface area contributed by atoms with Gasteiger partial charge in [-0.05, 0) is 73.9 Å². The molecule has 1 N–H and O–H groups in total. The first-order valence-corrected chi connectivity index (χ1v) is 14.9. The van der Waals surface area contributed by atoms with Gasteiger partial charge in [0.25, 0.3) is 0 Å². The van der Waals surface area contributed by atoms with Crippen LogP contribution in [0.15, 0.2) is 80.7 Å². The van der Waals surface area contributed by atoms with Gasteiger partial charge in [0.15, 0.2) is 17.1 Å². The van der Waals surface area contributed by atoms with Crippen LogP contribution in [0.1, 0.15) is 67.6 Å². The lowest BCUT2D eigenvalue weighted by Crippen LogP contribution is -2.68. The van der Waals surface area contributed by atoms with E-state index in [1.165, 1.54) is 30.7 Å². The van der Waals surface area contributed by atoms with E-state index in [0.29, 0.717) is 19.3 Å². The molecule has 2 aromatic heterocycles. The van der Waals surface area contributed by atoms with Crippen molar-refractivity contribution in [2.75, 3.05) is 0 Å². The van der Waals surface area contributed by atoms with Crippen molar-refractivity contribution < 1.29 is 37.8 Å². The Hall–Kier alpha value is -3.07. The molecule has 0 aromatic carbocycles. The van der Waals surface area contributed by atoms with Gasteiger partial charge in [-0.1, -0.05) is 44.0 Å². The van der Waals surface area contributed by atoms with Crippen LogP contribution in [-0.4, -0.2) is 39.4 Å². The van der Waals surface area contributed by atoms with Crippen molar-refractivity contribution in [3.63, 3.8) is 0 Å². The fraction of sp³-hybridized carbons (Fsp3) is 0.469. The van der Waals surface area contributed by atoms with Crippen molar-refractivity contribution in [3.8, 4) is 0 Å². The SMILES string of the molecule is C[C@@H]1C[C@H]2[C@@H]3CCC4=CC(=O)C=C[C@]4(C)[C@@]3(Cl)[C@@H](O)C[C@]2(C)[C@@]1(OC(=O)c1ccco1)/C(=C/Cl)OC(=O)c1ccco1. The van der Waals surface area contributed by atoms with Crippen LogP contribution in [0.4, 0.5) is 0 Å². The van der Waals surface area contributed by atoms with Gasteiger partial charge in [-0.15, -0.1) is 11.6 Å². The molecule has 2 heterocycles. The summed E-state index contributed by atoms with van der Waals surface area (Å²) in [7, 11) is 0. The summed E-state index contributed by atoms with van der Waals surface area (Å²) in [5.41, 5.74) is -1.30. The highest BCUT2D eigenvalue weighted by Gasteiger charge is 2.76. The van der Waals surface area contributed by atoms with Crippen LogP contribution in [0.2, 0.25) is 0 Å². The van der Waals surface area contributed by atoms with E-state index in [1.807, 2.05) is 26.8 Å². The van der Waals surface area contributed by atoms with E-state index >= 15 is 0 Å². The van der Waals surface area contributed by atoms with E-state index < -0.39 is 45.3 Å². The zero-order valence-electron chi connectivity index (χ0n) is 23.5. The molecule has 0 radical (unpaired) electrons. The zero-order valence-corrected chi connectivity index (χ0v) is 25.0. The number of allylic oxidation sites excluding steroid dienone is 4. The highest BCUT2D eigenvalue weighted by molar-refractivity contribution is 6.26. The minimum atomic E-state index is -1.58. The van der Waals surface area contributed by atoms with Gasteiger partial charge in [-0.25, -0.2) is 9.59 Å². The molecule has 8 nitrogen and oxygen atoms in total. The number of carbonyl (C=O) groups is 3. The average Bonchev–Trinajstić information content (AvgIpc) is 3.72. The summed E-state index contributed by atoms with van der Waals surface area (Å²) in [4.78, 5) is 37.8. The van der Waals surface area contributed by atoms with Crippen molar-refractivity contribution in [2.45, 2.75) is 63.0 Å². The number of carbonyl (C=O) groups excluding carboxylic acids is 3. The first kappa shape index (κ1) is 29.0. The third-order valence-electron chi connectivity index (χ3n) is 10.5. The minimum absolute atomic E-state index is 0.0278. The number of aliphatic hydroxyl groups excluding tert-OH is 1. The van der Waals surface area contributed by atoms with Crippen LogP contribution in [0, 0.1) is 28.6 Å². The van der Waals surface area contributed by atoms with E-state index in [-0.39, 0.29) is 41.3 Å². The van der Waals surface area contributed by atoms with Crippen LogP contribution in [-0.2, 0) is 14.3 Å². The highest BCUT2D eigenvalue weighted by atomic mass is 35.5. The van der Waals surface area contributed by atoms with Gasteiger partial charge in [0.1, 0.15) is 0 Å². The molecular formula is C32H32Cl2O8. The number of halogens is 2. The predicted molar refractivity (Wildman–Crippen MR) is 153 cm³/mol. The van der Waals surface area contributed by atoms with Crippen LogP contribution in [0.3, 0.4) is 0 Å². The standard InChI is InChI=1S/C32H32Cl2O8/c1-18-14-22-21-9-8-19-15-20(35)10-11-29(19,2)31(21,34)25(36)16-30(22,3)32(18,42-28(38)24-7-5-13-40-24)26(17-33)41-27(37)23-6-4-12-39-23/h4-7,10-13,15,17-18,21-22,25,36H,8-9,14,16H2,1-3H3/b26-17-/t18-,21+,22+,25+,29+,30+,31+,32+/m1/s1. The van der Waals surface area contributed by atoms with E-state index in [1.54, 1.807) is 18.2 Å². The van der Waals surface area contributed by atoms with Gasteiger partial charge < -0.3 is 23.4 Å². The lowest BCUT2D eigenvalue weighted by Gasteiger charge is -2.64. The molecule has 4 aliphatic carbocycles. The minimum Gasteiger partial charge on any atom is -0.457 e. The number of furan rings is 2. The summed E-state index contributed by atoms with van der Waals surface area (Å²) < 4.78 is 22.8. The van der Waals surface area contributed by atoms with Crippen molar-refractivity contribution in [1.82, 2.24) is 0 Å². The molecule has 4 aliphatic rings. The van der Waals surface area contributed by atoms with Crippen molar-refractivity contribution in [2.24, 2.45) is 28.6 Å². The Morgan fingerprint density at radius 1 is 1.10 bits per heavy atom. The van der Waals surface area contributed by atoms with E-state index in [9.17, 15) is 19.5 Å². The van der Waals surface area contributed by atoms with Gasteiger partial charge in [0.2, 0.25) is 11.5 Å². The smallest absolute Gasteiger partial charge is 0.379 e. The molecule has 0 amide bonds. The summed E-state index contributed by atoms with van der Waals surface area (Å²) in [5.74, 6) is -2.64. The monoisotopic (exact) mass is 614 g/mol. The molecule has 0 bridgehead atoms.